The van der Waals surface area contributed by atoms with Crippen LogP contribution in [0.15, 0.2) is 72.2 Å². The van der Waals surface area contributed by atoms with Crippen LogP contribution >= 0.6 is 11.3 Å². The van der Waals surface area contributed by atoms with E-state index >= 15 is 0 Å². The number of nitrogens with zero attached hydrogens (tertiary/aromatic N) is 5. The van der Waals surface area contributed by atoms with E-state index in [1.54, 1.807) is 46.4 Å². The van der Waals surface area contributed by atoms with Crippen LogP contribution in [0.4, 0.5) is 0 Å². The summed E-state index contributed by atoms with van der Waals surface area (Å²) < 4.78 is 5.51. The average molecular weight is 904 g/mol. The van der Waals surface area contributed by atoms with E-state index in [2.05, 4.69) is 15.6 Å². The molecule has 2 N–H and O–H groups in total. The summed E-state index contributed by atoms with van der Waals surface area (Å²) in [5.41, 5.74) is 1.71. The van der Waals surface area contributed by atoms with Gasteiger partial charge in [-0.25, -0.2) is 4.98 Å². The zero-order chi connectivity index (χ0) is 47.7. The predicted octanol–water partition coefficient (Wildman–Crippen LogP) is 5.60. The largest absolute Gasteiger partial charge is 0.381 e. The van der Waals surface area contributed by atoms with Crippen molar-refractivity contribution >= 4 is 46.8 Å². The molecule has 0 fully saturated rings. The molecule has 64 heavy (non-hydrogen) atoms. The molecule has 15 heteroatoms. The van der Waals surface area contributed by atoms with Crippen molar-refractivity contribution in [1.82, 2.24) is 35.2 Å². The second-order valence-corrected chi connectivity index (χ2v) is 18.6. The first kappa shape index (κ1) is 53.2. The quantitative estimate of drug-likeness (QED) is 0.111. The normalized spacial score (nSPS) is 14.7. The minimum absolute atomic E-state index is 0.0801. The number of thiazole rings is 1. The number of carbonyl (C=O) groups is 6. The number of hydrogen-bond donors (Lipinski definition) is 2. The van der Waals surface area contributed by atoms with Crippen LogP contribution in [0, 0.1) is 17.8 Å². The van der Waals surface area contributed by atoms with Crippen molar-refractivity contribution in [1.29, 1.82) is 0 Å². The zero-order valence-electron chi connectivity index (χ0n) is 40.1. The number of amides is 6. The van der Waals surface area contributed by atoms with E-state index in [1.165, 1.54) is 26.0 Å². The fraction of sp³-hybridized carbons (Fsp3) is 0.571. The van der Waals surface area contributed by atoms with Gasteiger partial charge in [0, 0.05) is 59.7 Å². The van der Waals surface area contributed by atoms with Gasteiger partial charge in [0.15, 0.2) is 0 Å². The SMILES string of the molecule is CCC[C@H](CC(=O)N[C@@H](Cc1ccccc1)C(=O)N(C)[C@@H](C(=O)N[C@H](C(=O)N(C)[C@H](C(=O)N(C)[C@@H](Cc1ccccc1)C(=O)N(C)Cc1nccs1)[C@@H](C)CC)C(C)C)C(C)C)OC. The molecular formula is C49H73N7O7S. The number of rotatable bonds is 25. The van der Waals surface area contributed by atoms with Crippen LogP contribution < -0.4 is 10.6 Å². The van der Waals surface area contributed by atoms with E-state index < -0.39 is 59.8 Å². The Hall–Kier alpha value is -5.15. The van der Waals surface area contributed by atoms with Crippen molar-refractivity contribution in [3.05, 3.63) is 88.4 Å². The van der Waals surface area contributed by atoms with Crippen LogP contribution in [0.3, 0.4) is 0 Å². The van der Waals surface area contributed by atoms with Crippen molar-refractivity contribution in [3.8, 4) is 0 Å². The lowest BCUT2D eigenvalue weighted by Crippen LogP contribution is -2.62. The lowest BCUT2D eigenvalue weighted by Gasteiger charge is -2.40. The van der Waals surface area contributed by atoms with E-state index in [4.69, 9.17) is 4.74 Å². The Balaban J connectivity index is 1.91. The lowest BCUT2D eigenvalue weighted by atomic mass is 9.93. The highest BCUT2D eigenvalue weighted by Gasteiger charge is 2.42. The molecule has 0 radical (unpaired) electrons. The number of aromatic nitrogens is 1. The molecule has 0 unspecified atom stereocenters. The van der Waals surface area contributed by atoms with Crippen molar-refractivity contribution in [2.75, 3.05) is 35.3 Å². The van der Waals surface area contributed by atoms with Gasteiger partial charge >= 0.3 is 0 Å². The topological polar surface area (TPSA) is 162 Å². The minimum atomic E-state index is -1.07. The lowest BCUT2D eigenvalue weighted by molar-refractivity contribution is -0.153. The molecule has 3 rings (SSSR count). The van der Waals surface area contributed by atoms with Crippen molar-refractivity contribution < 1.29 is 33.5 Å². The number of methoxy groups -OCH3 is 1. The standard InChI is InChI=1S/C49H73N7O7S/c1-13-21-37(63-12)30-40(57)51-38(28-35-22-17-15-18-23-35)46(59)55(10)43(33(5)6)45(58)52-42(32(3)4)48(61)56(11)44(34(7)14-2)49(62)54(9)39(29-36-24-19-16-20-25-36)47(60)53(8)31-41-50-26-27-64-41/h15-20,22-27,32-34,37-39,42-44H,13-14,21,28-31H2,1-12H3,(H,51,57)(H,52,58)/t34-,37+,38-,39-,42-,43+,44-/m0/s1. The first-order chi connectivity index (χ1) is 30.4. The molecule has 0 saturated heterocycles. The molecule has 1 aromatic heterocycles. The van der Waals surface area contributed by atoms with Gasteiger partial charge in [0.1, 0.15) is 35.2 Å². The third kappa shape index (κ3) is 15.0. The number of hydrogen-bond acceptors (Lipinski definition) is 9. The smallest absolute Gasteiger partial charge is 0.246 e. The van der Waals surface area contributed by atoms with Gasteiger partial charge in [0.05, 0.1) is 19.1 Å². The Bertz CT molecular complexity index is 1930. The molecule has 6 amide bonds. The Morgan fingerprint density at radius 2 is 1.28 bits per heavy atom. The molecule has 352 valence electrons. The molecule has 14 nitrogen and oxygen atoms in total. The van der Waals surface area contributed by atoms with Crippen LogP contribution in [0.5, 0.6) is 0 Å². The van der Waals surface area contributed by atoms with E-state index in [0.717, 1.165) is 22.6 Å². The molecular weight excluding hydrogens is 831 g/mol. The monoisotopic (exact) mass is 904 g/mol. The van der Waals surface area contributed by atoms with Crippen LogP contribution in [-0.4, -0.2) is 132 Å². The average Bonchev–Trinajstić information content (AvgIpc) is 3.79. The minimum Gasteiger partial charge on any atom is -0.381 e. The maximum Gasteiger partial charge on any atom is 0.246 e. The molecule has 0 aliphatic carbocycles. The fourth-order valence-corrected chi connectivity index (χ4v) is 8.69. The van der Waals surface area contributed by atoms with E-state index in [9.17, 15) is 28.8 Å². The van der Waals surface area contributed by atoms with Gasteiger partial charge in [-0.05, 0) is 35.3 Å². The zero-order valence-corrected chi connectivity index (χ0v) is 40.9. The Morgan fingerprint density at radius 1 is 0.703 bits per heavy atom. The van der Waals surface area contributed by atoms with Gasteiger partial charge < -0.3 is 35.0 Å². The van der Waals surface area contributed by atoms with Crippen molar-refractivity contribution in [3.63, 3.8) is 0 Å². The molecule has 2 aromatic carbocycles. The summed E-state index contributed by atoms with van der Waals surface area (Å²) in [7, 11) is 7.97. The summed E-state index contributed by atoms with van der Waals surface area (Å²) in [5.74, 6) is -3.60. The number of benzene rings is 2. The maximum absolute atomic E-state index is 14.8. The van der Waals surface area contributed by atoms with E-state index in [-0.39, 0.29) is 55.6 Å². The molecule has 7 atom stereocenters. The molecule has 1 heterocycles. The third-order valence-electron chi connectivity index (χ3n) is 12.0. The predicted molar refractivity (Wildman–Crippen MR) is 252 cm³/mol. The first-order valence-corrected chi connectivity index (χ1v) is 23.4. The highest BCUT2D eigenvalue weighted by Crippen LogP contribution is 2.23. The highest BCUT2D eigenvalue weighted by molar-refractivity contribution is 7.09. The Kier molecular flexibility index (Phi) is 21.6. The summed E-state index contributed by atoms with van der Waals surface area (Å²) in [4.78, 5) is 96.0. The van der Waals surface area contributed by atoms with Gasteiger partial charge in [-0.2, -0.15) is 0 Å². The summed E-state index contributed by atoms with van der Waals surface area (Å²) in [6, 6.07) is 13.9. The van der Waals surface area contributed by atoms with E-state index in [1.807, 2.05) is 115 Å². The molecule has 3 aromatic rings. The molecule has 0 aliphatic heterocycles. The van der Waals surface area contributed by atoms with Gasteiger partial charge in [0.2, 0.25) is 35.4 Å². The number of carbonyl (C=O) groups excluding carboxylic acids is 6. The molecule has 0 spiro atoms. The van der Waals surface area contributed by atoms with Gasteiger partial charge in [-0.15, -0.1) is 11.3 Å². The van der Waals surface area contributed by atoms with Crippen molar-refractivity contribution in [2.24, 2.45) is 17.8 Å². The van der Waals surface area contributed by atoms with Gasteiger partial charge in [-0.1, -0.05) is 122 Å². The van der Waals surface area contributed by atoms with Crippen LogP contribution in [-0.2, 0) is 52.9 Å². The molecule has 0 bridgehead atoms. The van der Waals surface area contributed by atoms with Crippen LogP contribution in [0.2, 0.25) is 0 Å². The van der Waals surface area contributed by atoms with Gasteiger partial charge in [0.25, 0.3) is 0 Å². The fourth-order valence-electron chi connectivity index (χ4n) is 8.02. The summed E-state index contributed by atoms with van der Waals surface area (Å²) in [6.45, 7) is 13.4. The maximum atomic E-state index is 14.8. The molecule has 0 aliphatic rings. The highest BCUT2D eigenvalue weighted by atomic mass is 32.1. The summed E-state index contributed by atoms with van der Waals surface area (Å²) in [5, 5.41) is 8.50. The second kappa shape index (κ2) is 26.0. The van der Waals surface area contributed by atoms with Gasteiger partial charge in [-0.3, -0.25) is 28.8 Å². The molecule has 0 saturated carbocycles. The van der Waals surface area contributed by atoms with E-state index in [0.29, 0.717) is 12.8 Å². The number of nitrogens with one attached hydrogen (secondary N) is 2. The number of ether oxygens (including phenoxy) is 1. The first-order valence-electron chi connectivity index (χ1n) is 22.5. The summed E-state index contributed by atoms with van der Waals surface area (Å²) in [6.07, 6.45) is 3.98. The Morgan fingerprint density at radius 3 is 1.78 bits per heavy atom. The Labute approximate surface area is 385 Å². The number of likely N-dealkylation sites (N-methyl/N-ethyl adjacent to an activating group) is 4. The van der Waals surface area contributed by atoms with Crippen molar-refractivity contribution in [2.45, 2.75) is 130 Å². The second-order valence-electron chi connectivity index (χ2n) is 17.6. The van der Waals surface area contributed by atoms with Crippen LogP contribution in [0.1, 0.15) is 90.3 Å². The third-order valence-corrected chi connectivity index (χ3v) is 12.7. The van der Waals surface area contributed by atoms with Crippen LogP contribution in [0.25, 0.3) is 0 Å². The summed E-state index contributed by atoms with van der Waals surface area (Å²) >= 11 is 1.44.